The summed E-state index contributed by atoms with van der Waals surface area (Å²) in [7, 11) is 0. The summed E-state index contributed by atoms with van der Waals surface area (Å²) in [6, 6.07) is 10.2. The molecule has 0 aromatic heterocycles. The van der Waals surface area contributed by atoms with Crippen molar-refractivity contribution in [1.29, 1.82) is 0 Å². The molecule has 0 radical (unpaired) electrons. The summed E-state index contributed by atoms with van der Waals surface area (Å²) in [5.41, 5.74) is 7.87. The molecular weight excluding hydrogens is 158 g/mol. The van der Waals surface area contributed by atoms with Crippen molar-refractivity contribution in [2.75, 3.05) is 6.54 Å². The minimum atomic E-state index is 0.634. The van der Waals surface area contributed by atoms with Crippen LogP contribution in [-0.2, 0) is 0 Å². The molecule has 0 aliphatic heterocycles. The second-order valence-electron chi connectivity index (χ2n) is 2.61. The molecule has 0 unspecified atom stereocenters. The van der Waals surface area contributed by atoms with Crippen molar-refractivity contribution in [3.63, 3.8) is 0 Å². The first kappa shape index (κ1) is 11.9. The maximum atomic E-state index is 5.45. The van der Waals surface area contributed by atoms with Crippen LogP contribution in [0.3, 0.4) is 0 Å². The first-order valence-corrected chi connectivity index (χ1v) is 4.75. The lowest BCUT2D eigenvalue weighted by atomic mass is 10.1. The minimum absolute atomic E-state index is 0.634. The molecule has 0 spiro atoms. The van der Waals surface area contributed by atoms with E-state index in [9.17, 15) is 0 Å². The molecule has 13 heavy (non-hydrogen) atoms. The van der Waals surface area contributed by atoms with E-state index in [1.54, 1.807) is 0 Å². The van der Waals surface area contributed by atoms with Crippen LogP contribution in [0.25, 0.3) is 6.08 Å². The molecule has 0 aliphatic carbocycles. The average molecular weight is 177 g/mol. The fourth-order valence-electron chi connectivity index (χ4n) is 0.893. The van der Waals surface area contributed by atoms with Crippen LogP contribution >= 0.6 is 0 Å². The highest BCUT2D eigenvalue weighted by molar-refractivity contribution is 5.52. The summed E-state index contributed by atoms with van der Waals surface area (Å²) in [5.74, 6) is 0. The van der Waals surface area contributed by atoms with Crippen molar-refractivity contribution >= 4 is 6.08 Å². The van der Waals surface area contributed by atoms with Gasteiger partial charge in [0.1, 0.15) is 0 Å². The van der Waals surface area contributed by atoms with Crippen LogP contribution in [0.5, 0.6) is 0 Å². The van der Waals surface area contributed by atoms with E-state index in [0.29, 0.717) is 6.54 Å². The van der Waals surface area contributed by atoms with Gasteiger partial charge in [-0.1, -0.05) is 55.8 Å². The molecule has 0 atom stereocenters. The zero-order chi connectivity index (χ0) is 10.1. The summed E-state index contributed by atoms with van der Waals surface area (Å²) in [6.45, 7) is 6.67. The number of hydrogen-bond donors (Lipinski definition) is 1. The number of rotatable bonds is 2. The monoisotopic (exact) mass is 177 g/mol. The fraction of sp³-hybridized carbons (Fsp3) is 0.333. The van der Waals surface area contributed by atoms with E-state index < -0.39 is 0 Å². The van der Waals surface area contributed by atoms with Gasteiger partial charge in [-0.15, -0.1) is 0 Å². The van der Waals surface area contributed by atoms with E-state index in [4.69, 9.17) is 5.73 Å². The van der Waals surface area contributed by atoms with Crippen LogP contribution in [0, 0.1) is 0 Å². The third kappa shape index (κ3) is 5.21. The molecule has 0 aliphatic rings. The number of hydrogen-bond acceptors (Lipinski definition) is 1. The predicted molar refractivity (Wildman–Crippen MR) is 60.5 cm³/mol. The standard InChI is InChI=1S/C10H13N.C2H6/c1-9(8-11)7-10-5-3-2-4-6-10;1-2/h2-7H,8,11H2,1H3;1-2H3/b9-7+;. The van der Waals surface area contributed by atoms with E-state index in [1.807, 2.05) is 39.0 Å². The van der Waals surface area contributed by atoms with Crippen LogP contribution in [0.1, 0.15) is 26.3 Å². The molecule has 0 saturated carbocycles. The minimum Gasteiger partial charge on any atom is -0.327 e. The molecule has 72 valence electrons. The predicted octanol–water partition coefficient (Wildman–Crippen LogP) is 3.07. The molecule has 0 bridgehead atoms. The number of nitrogens with two attached hydrogens (primary N) is 1. The zero-order valence-corrected chi connectivity index (χ0v) is 8.75. The van der Waals surface area contributed by atoms with Crippen LogP contribution < -0.4 is 5.73 Å². The molecule has 2 N–H and O–H groups in total. The highest BCUT2D eigenvalue weighted by atomic mass is 14.5. The highest BCUT2D eigenvalue weighted by Crippen LogP contribution is 2.04. The third-order valence-electron chi connectivity index (χ3n) is 1.53. The first-order chi connectivity index (χ1) is 6.33. The van der Waals surface area contributed by atoms with E-state index in [-0.39, 0.29) is 0 Å². The summed E-state index contributed by atoms with van der Waals surface area (Å²) < 4.78 is 0. The molecule has 1 nitrogen and oxygen atoms in total. The number of benzene rings is 1. The molecule has 0 heterocycles. The van der Waals surface area contributed by atoms with Gasteiger partial charge in [0.05, 0.1) is 0 Å². The smallest absolute Gasteiger partial charge is 0.0137 e. The van der Waals surface area contributed by atoms with Gasteiger partial charge in [-0.05, 0) is 12.5 Å². The quantitative estimate of drug-likeness (QED) is 0.738. The second kappa shape index (κ2) is 7.56. The van der Waals surface area contributed by atoms with Crippen LogP contribution in [0.2, 0.25) is 0 Å². The Morgan fingerprint density at radius 2 is 1.77 bits per heavy atom. The van der Waals surface area contributed by atoms with Gasteiger partial charge in [-0.25, -0.2) is 0 Å². The Morgan fingerprint density at radius 3 is 2.23 bits per heavy atom. The van der Waals surface area contributed by atoms with Gasteiger partial charge in [-0.2, -0.15) is 0 Å². The molecular formula is C12H19N. The first-order valence-electron chi connectivity index (χ1n) is 4.75. The Bertz CT molecular complexity index is 237. The second-order valence-corrected chi connectivity index (χ2v) is 2.61. The molecule has 1 heteroatoms. The van der Waals surface area contributed by atoms with E-state index in [0.717, 1.165) is 0 Å². The Labute approximate surface area is 81.3 Å². The van der Waals surface area contributed by atoms with Gasteiger partial charge in [0.15, 0.2) is 0 Å². The lowest BCUT2D eigenvalue weighted by Gasteiger charge is -1.95. The van der Waals surface area contributed by atoms with E-state index in [1.165, 1.54) is 11.1 Å². The SMILES string of the molecule is C/C(=C\c1ccccc1)CN.CC. The molecule has 0 saturated heterocycles. The van der Waals surface area contributed by atoms with Gasteiger partial charge in [-0.3, -0.25) is 0 Å². The Kier molecular flexibility index (Phi) is 6.93. The average Bonchev–Trinajstić information content (AvgIpc) is 2.22. The highest BCUT2D eigenvalue weighted by Gasteiger charge is 1.85. The maximum absolute atomic E-state index is 5.45. The van der Waals surface area contributed by atoms with Crippen molar-refractivity contribution in [2.24, 2.45) is 5.73 Å². The van der Waals surface area contributed by atoms with Crippen molar-refractivity contribution in [1.82, 2.24) is 0 Å². The van der Waals surface area contributed by atoms with E-state index >= 15 is 0 Å². The molecule has 0 fully saturated rings. The van der Waals surface area contributed by atoms with E-state index in [2.05, 4.69) is 18.2 Å². The zero-order valence-electron chi connectivity index (χ0n) is 8.75. The molecule has 1 rings (SSSR count). The summed E-state index contributed by atoms with van der Waals surface area (Å²) >= 11 is 0. The summed E-state index contributed by atoms with van der Waals surface area (Å²) in [4.78, 5) is 0. The Hall–Kier alpha value is -1.08. The van der Waals surface area contributed by atoms with Gasteiger partial charge in [0, 0.05) is 6.54 Å². The van der Waals surface area contributed by atoms with Crippen LogP contribution in [-0.4, -0.2) is 6.54 Å². The maximum Gasteiger partial charge on any atom is 0.0137 e. The van der Waals surface area contributed by atoms with Crippen LogP contribution in [0.4, 0.5) is 0 Å². The van der Waals surface area contributed by atoms with Crippen LogP contribution in [0.15, 0.2) is 35.9 Å². The van der Waals surface area contributed by atoms with Crippen molar-refractivity contribution < 1.29 is 0 Å². The van der Waals surface area contributed by atoms with Gasteiger partial charge < -0.3 is 5.73 Å². The normalized spacial score (nSPS) is 10.3. The summed E-state index contributed by atoms with van der Waals surface area (Å²) in [5, 5.41) is 0. The van der Waals surface area contributed by atoms with Gasteiger partial charge in [0.25, 0.3) is 0 Å². The molecule has 0 amide bonds. The molecule has 1 aromatic carbocycles. The Morgan fingerprint density at radius 1 is 1.23 bits per heavy atom. The van der Waals surface area contributed by atoms with Crippen molar-refractivity contribution in [3.05, 3.63) is 41.5 Å². The molecule has 1 aromatic rings. The van der Waals surface area contributed by atoms with Gasteiger partial charge in [0.2, 0.25) is 0 Å². The van der Waals surface area contributed by atoms with Gasteiger partial charge >= 0.3 is 0 Å². The fourth-order valence-corrected chi connectivity index (χ4v) is 0.893. The van der Waals surface area contributed by atoms with Crippen molar-refractivity contribution in [2.45, 2.75) is 20.8 Å². The third-order valence-corrected chi connectivity index (χ3v) is 1.53. The largest absolute Gasteiger partial charge is 0.327 e. The lowest BCUT2D eigenvalue weighted by molar-refractivity contribution is 1.15. The Balaban J connectivity index is 0.000000671. The lowest BCUT2D eigenvalue weighted by Crippen LogP contribution is -1.98. The summed E-state index contributed by atoms with van der Waals surface area (Å²) in [6.07, 6.45) is 2.10. The van der Waals surface area contributed by atoms with Crippen molar-refractivity contribution in [3.8, 4) is 0 Å². The topological polar surface area (TPSA) is 26.0 Å².